The standard InChI is InChI=1S/C22H27N5O2/c1-15(2)24-20(28)19(16-6-4-3-5-7-16)26-10-12-27(13-11-26)22-18(14-23)25-21(29-22)17-8-9-17/h3-7,15,17,19H,8-13H2,1-2H3,(H,24,28)/t19-/m0/s1. The number of hydrogen-bond acceptors (Lipinski definition) is 6. The number of anilines is 1. The molecule has 4 rings (SSSR count). The highest BCUT2D eigenvalue weighted by molar-refractivity contribution is 5.83. The van der Waals surface area contributed by atoms with Gasteiger partial charge in [-0.1, -0.05) is 30.3 Å². The summed E-state index contributed by atoms with van der Waals surface area (Å²) in [5.41, 5.74) is 1.37. The SMILES string of the molecule is CC(C)NC(=O)[C@H](c1ccccc1)N1CCN(c2oc(C3CC3)nc2C#N)CC1. The molecule has 1 aromatic carbocycles. The van der Waals surface area contributed by atoms with Gasteiger partial charge in [-0.05, 0) is 32.3 Å². The van der Waals surface area contributed by atoms with Crippen LogP contribution >= 0.6 is 0 Å². The lowest BCUT2D eigenvalue weighted by Gasteiger charge is -2.38. The van der Waals surface area contributed by atoms with E-state index in [0.717, 1.165) is 18.4 Å². The van der Waals surface area contributed by atoms with Gasteiger partial charge in [0.1, 0.15) is 12.1 Å². The Bertz CT molecular complexity index is 890. The van der Waals surface area contributed by atoms with E-state index in [1.165, 1.54) is 0 Å². The van der Waals surface area contributed by atoms with Crippen molar-refractivity contribution in [2.45, 2.75) is 44.7 Å². The van der Waals surface area contributed by atoms with Crippen LogP contribution in [0.1, 0.15) is 55.8 Å². The summed E-state index contributed by atoms with van der Waals surface area (Å²) in [5.74, 6) is 1.67. The zero-order chi connectivity index (χ0) is 20.4. The van der Waals surface area contributed by atoms with E-state index >= 15 is 0 Å². The van der Waals surface area contributed by atoms with E-state index in [9.17, 15) is 10.1 Å². The van der Waals surface area contributed by atoms with E-state index in [4.69, 9.17) is 4.42 Å². The van der Waals surface area contributed by atoms with Crippen molar-refractivity contribution < 1.29 is 9.21 Å². The van der Waals surface area contributed by atoms with Crippen LogP contribution in [-0.2, 0) is 4.79 Å². The minimum atomic E-state index is -0.326. The summed E-state index contributed by atoms with van der Waals surface area (Å²) in [6.45, 7) is 6.73. The summed E-state index contributed by atoms with van der Waals surface area (Å²) < 4.78 is 5.94. The fraction of sp³-hybridized carbons (Fsp3) is 0.500. The minimum Gasteiger partial charge on any atom is -0.423 e. The Morgan fingerprint density at radius 3 is 2.48 bits per heavy atom. The Kier molecular flexibility index (Phi) is 5.54. The first kappa shape index (κ1) is 19.5. The van der Waals surface area contributed by atoms with Crippen LogP contribution in [0.4, 0.5) is 5.88 Å². The Labute approximate surface area is 171 Å². The maximum atomic E-state index is 13.0. The number of nitriles is 1. The largest absolute Gasteiger partial charge is 0.423 e. The number of carbonyl (C=O) groups excluding carboxylic acids is 1. The molecular weight excluding hydrogens is 366 g/mol. The Balaban J connectivity index is 1.49. The lowest BCUT2D eigenvalue weighted by molar-refractivity contribution is -0.127. The maximum absolute atomic E-state index is 13.0. The molecule has 7 heteroatoms. The van der Waals surface area contributed by atoms with E-state index in [-0.39, 0.29) is 18.0 Å². The zero-order valence-corrected chi connectivity index (χ0v) is 17.0. The summed E-state index contributed by atoms with van der Waals surface area (Å²) in [4.78, 5) is 21.6. The monoisotopic (exact) mass is 393 g/mol. The number of piperazine rings is 1. The van der Waals surface area contributed by atoms with Gasteiger partial charge in [0.25, 0.3) is 0 Å². The molecule has 2 aromatic rings. The quantitative estimate of drug-likeness (QED) is 0.812. The van der Waals surface area contributed by atoms with Crippen LogP contribution in [0.5, 0.6) is 0 Å². The highest BCUT2D eigenvalue weighted by Crippen LogP contribution is 2.41. The third-order valence-corrected chi connectivity index (χ3v) is 5.42. The average molecular weight is 393 g/mol. The number of hydrogen-bond donors (Lipinski definition) is 1. The van der Waals surface area contributed by atoms with E-state index in [0.29, 0.717) is 49.6 Å². The number of aromatic nitrogens is 1. The first-order valence-corrected chi connectivity index (χ1v) is 10.3. The predicted molar refractivity (Wildman–Crippen MR) is 109 cm³/mol. The molecule has 1 amide bonds. The van der Waals surface area contributed by atoms with E-state index in [1.54, 1.807) is 0 Å². The van der Waals surface area contributed by atoms with Gasteiger partial charge in [-0.25, -0.2) is 4.98 Å². The van der Waals surface area contributed by atoms with Gasteiger partial charge in [0.15, 0.2) is 0 Å². The van der Waals surface area contributed by atoms with Crippen molar-refractivity contribution in [1.29, 1.82) is 5.26 Å². The van der Waals surface area contributed by atoms with Crippen molar-refractivity contribution in [2.24, 2.45) is 0 Å². The second kappa shape index (κ2) is 8.26. The highest BCUT2D eigenvalue weighted by atomic mass is 16.4. The third-order valence-electron chi connectivity index (χ3n) is 5.42. The molecule has 0 radical (unpaired) electrons. The van der Waals surface area contributed by atoms with Gasteiger partial charge < -0.3 is 14.6 Å². The third kappa shape index (κ3) is 4.28. The van der Waals surface area contributed by atoms with Gasteiger partial charge in [-0.2, -0.15) is 5.26 Å². The minimum absolute atomic E-state index is 0.0213. The van der Waals surface area contributed by atoms with Crippen molar-refractivity contribution in [1.82, 2.24) is 15.2 Å². The van der Waals surface area contributed by atoms with E-state index in [1.807, 2.05) is 44.2 Å². The van der Waals surface area contributed by atoms with E-state index in [2.05, 4.69) is 26.2 Å². The second-order valence-corrected chi connectivity index (χ2v) is 8.09. The molecule has 1 N–H and O–H groups in total. The van der Waals surface area contributed by atoms with Crippen molar-refractivity contribution in [2.75, 3.05) is 31.1 Å². The Morgan fingerprint density at radius 1 is 1.21 bits per heavy atom. The molecule has 7 nitrogen and oxygen atoms in total. The van der Waals surface area contributed by atoms with Gasteiger partial charge in [-0.3, -0.25) is 9.69 Å². The number of benzene rings is 1. The van der Waals surface area contributed by atoms with Crippen LogP contribution in [0, 0.1) is 11.3 Å². The second-order valence-electron chi connectivity index (χ2n) is 8.09. The van der Waals surface area contributed by atoms with Gasteiger partial charge in [0.2, 0.25) is 23.4 Å². The van der Waals surface area contributed by atoms with Crippen molar-refractivity contribution in [3.63, 3.8) is 0 Å². The number of amides is 1. The topological polar surface area (TPSA) is 85.4 Å². The normalized spacial score (nSPS) is 18.5. The molecule has 1 atom stereocenters. The molecule has 29 heavy (non-hydrogen) atoms. The Morgan fingerprint density at radius 2 is 1.90 bits per heavy atom. The number of rotatable bonds is 6. The van der Waals surface area contributed by atoms with Gasteiger partial charge in [0.05, 0.1) is 0 Å². The summed E-state index contributed by atoms with van der Waals surface area (Å²) >= 11 is 0. The summed E-state index contributed by atoms with van der Waals surface area (Å²) in [5, 5.41) is 12.5. The number of carbonyl (C=O) groups is 1. The van der Waals surface area contributed by atoms with Crippen molar-refractivity contribution in [3.05, 3.63) is 47.5 Å². The fourth-order valence-corrected chi connectivity index (χ4v) is 3.83. The number of nitrogens with one attached hydrogen (secondary N) is 1. The molecule has 0 bridgehead atoms. The molecular formula is C22H27N5O2. The number of nitrogens with zero attached hydrogens (tertiary/aromatic N) is 4. The van der Waals surface area contributed by atoms with Crippen molar-refractivity contribution in [3.8, 4) is 6.07 Å². The smallest absolute Gasteiger partial charge is 0.242 e. The lowest BCUT2D eigenvalue weighted by Crippen LogP contribution is -2.51. The molecule has 1 saturated carbocycles. The van der Waals surface area contributed by atoms with Crippen molar-refractivity contribution >= 4 is 11.8 Å². The molecule has 1 saturated heterocycles. The molecule has 0 unspecified atom stereocenters. The van der Waals surface area contributed by atoms with Crippen LogP contribution in [0.3, 0.4) is 0 Å². The highest BCUT2D eigenvalue weighted by Gasteiger charge is 2.34. The molecule has 2 fully saturated rings. The lowest BCUT2D eigenvalue weighted by atomic mass is 10.0. The van der Waals surface area contributed by atoms with Crippen LogP contribution in [-0.4, -0.2) is 48.0 Å². The van der Waals surface area contributed by atoms with Gasteiger partial charge in [-0.15, -0.1) is 0 Å². The van der Waals surface area contributed by atoms with Crippen LogP contribution < -0.4 is 10.2 Å². The average Bonchev–Trinajstić information content (AvgIpc) is 3.48. The molecule has 1 aliphatic heterocycles. The predicted octanol–water partition coefficient (Wildman–Crippen LogP) is 2.81. The van der Waals surface area contributed by atoms with Crippen LogP contribution in [0.25, 0.3) is 0 Å². The summed E-state index contributed by atoms with van der Waals surface area (Å²) in [6.07, 6.45) is 2.17. The van der Waals surface area contributed by atoms with Gasteiger partial charge in [0, 0.05) is 38.1 Å². The van der Waals surface area contributed by atoms with Crippen LogP contribution in [0.2, 0.25) is 0 Å². The molecule has 2 heterocycles. The Hall–Kier alpha value is -2.85. The fourth-order valence-electron chi connectivity index (χ4n) is 3.83. The van der Waals surface area contributed by atoms with Crippen LogP contribution in [0.15, 0.2) is 34.7 Å². The maximum Gasteiger partial charge on any atom is 0.242 e. The first-order chi connectivity index (χ1) is 14.1. The summed E-state index contributed by atoms with van der Waals surface area (Å²) in [6, 6.07) is 11.8. The first-order valence-electron chi connectivity index (χ1n) is 10.3. The molecule has 152 valence electrons. The summed E-state index contributed by atoms with van der Waals surface area (Å²) in [7, 11) is 0. The molecule has 0 spiro atoms. The zero-order valence-electron chi connectivity index (χ0n) is 17.0. The number of oxazole rings is 1. The molecule has 1 aliphatic carbocycles. The molecule has 2 aliphatic rings. The molecule has 1 aromatic heterocycles. The van der Waals surface area contributed by atoms with E-state index < -0.39 is 0 Å². The van der Waals surface area contributed by atoms with Gasteiger partial charge >= 0.3 is 0 Å².